The first-order valence-electron chi connectivity index (χ1n) is 9.48. The van der Waals surface area contributed by atoms with Crippen molar-refractivity contribution in [2.75, 3.05) is 34.3 Å². The summed E-state index contributed by atoms with van der Waals surface area (Å²) in [6, 6.07) is 5.95. The highest BCUT2D eigenvalue weighted by Crippen LogP contribution is 2.38. The summed E-state index contributed by atoms with van der Waals surface area (Å²) in [6.07, 6.45) is 4.08. The lowest BCUT2D eigenvalue weighted by Gasteiger charge is -2.31. The molecule has 1 aliphatic rings. The minimum absolute atomic E-state index is 0. The highest BCUT2D eigenvalue weighted by Gasteiger charge is 2.42. The number of nitrogens with one attached hydrogen (secondary N) is 2. The fourth-order valence-corrected chi connectivity index (χ4v) is 4.15. The summed E-state index contributed by atoms with van der Waals surface area (Å²) >= 11 is 3.51. The molecule has 2 rings (SSSR count). The van der Waals surface area contributed by atoms with Crippen LogP contribution in [0.15, 0.2) is 27.7 Å². The molecule has 0 bridgehead atoms. The van der Waals surface area contributed by atoms with E-state index in [1.54, 1.807) is 12.0 Å². The summed E-state index contributed by atoms with van der Waals surface area (Å²) in [5.74, 6) is 1.75. The van der Waals surface area contributed by atoms with Crippen molar-refractivity contribution in [3.05, 3.63) is 28.2 Å². The highest BCUT2D eigenvalue weighted by molar-refractivity contribution is 14.0. The molecule has 2 N–H and O–H groups in total. The Morgan fingerprint density at radius 2 is 1.96 bits per heavy atom. The maximum Gasteiger partial charge on any atom is 0.230 e. The number of amides is 1. The van der Waals surface area contributed by atoms with Crippen molar-refractivity contribution >= 4 is 51.8 Å². The number of hydrogen-bond acceptors (Lipinski definition) is 3. The average Bonchev–Trinajstić information content (AvgIpc) is 3.13. The van der Waals surface area contributed by atoms with E-state index in [2.05, 4.69) is 31.6 Å². The molecule has 0 atom stereocenters. The topological polar surface area (TPSA) is 66.0 Å². The monoisotopic (exact) mass is 566 g/mol. The Morgan fingerprint density at radius 3 is 2.50 bits per heavy atom. The summed E-state index contributed by atoms with van der Waals surface area (Å²) in [5, 5.41) is 6.68. The molecule has 1 aromatic carbocycles. The van der Waals surface area contributed by atoms with Gasteiger partial charge in [0.15, 0.2) is 5.96 Å². The Hall–Kier alpha value is -1.03. The summed E-state index contributed by atoms with van der Waals surface area (Å²) in [7, 11) is 5.32. The van der Waals surface area contributed by atoms with Gasteiger partial charge in [-0.15, -0.1) is 24.0 Å². The van der Waals surface area contributed by atoms with E-state index in [9.17, 15) is 4.79 Å². The van der Waals surface area contributed by atoms with Crippen molar-refractivity contribution in [1.29, 1.82) is 0 Å². The van der Waals surface area contributed by atoms with Crippen LogP contribution < -0.4 is 15.4 Å². The van der Waals surface area contributed by atoms with Gasteiger partial charge in [0, 0.05) is 27.2 Å². The summed E-state index contributed by atoms with van der Waals surface area (Å²) in [5.41, 5.74) is 0.767. The Labute approximate surface area is 194 Å². The van der Waals surface area contributed by atoms with Crippen LogP contribution in [0.25, 0.3) is 0 Å². The number of hydrogen-bond donors (Lipinski definition) is 2. The third kappa shape index (κ3) is 6.50. The molecule has 1 aromatic rings. The van der Waals surface area contributed by atoms with Gasteiger partial charge in [-0.3, -0.25) is 4.79 Å². The smallest absolute Gasteiger partial charge is 0.230 e. The predicted octanol–water partition coefficient (Wildman–Crippen LogP) is 3.78. The zero-order chi connectivity index (χ0) is 19.9. The van der Waals surface area contributed by atoms with Gasteiger partial charge in [-0.1, -0.05) is 18.9 Å². The van der Waals surface area contributed by atoms with Gasteiger partial charge in [0.1, 0.15) is 5.75 Å². The Kier molecular flexibility index (Phi) is 10.6. The number of methoxy groups -OCH3 is 1. The first-order chi connectivity index (χ1) is 12.9. The molecule has 0 saturated heterocycles. The molecule has 0 aliphatic heterocycles. The lowest BCUT2D eigenvalue weighted by Crippen LogP contribution is -2.49. The summed E-state index contributed by atoms with van der Waals surface area (Å²) in [4.78, 5) is 19.1. The first kappa shape index (κ1) is 25.0. The van der Waals surface area contributed by atoms with Gasteiger partial charge in [0.2, 0.25) is 5.91 Å². The van der Waals surface area contributed by atoms with Gasteiger partial charge in [0.05, 0.1) is 23.5 Å². The third-order valence-corrected chi connectivity index (χ3v) is 5.61. The van der Waals surface area contributed by atoms with Crippen LogP contribution >= 0.6 is 39.9 Å². The molecule has 1 saturated carbocycles. The molecule has 1 amide bonds. The van der Waals surface area contributed by atoms with Crippen molar-refractivity contribution < 1.29 is 9.53 Å². The van der Waals surface area contributed by atoms with Crippen molar-refractivity contribution in [2.45, 2.75) is 39.2 Å². The van der Waals surface area contributed by atoms with E-state index in [4.69, 9.17) is 4.74 Å². The van der Waals surface area contributed by atoms with Gasteiger partial charge in [-0.05, 0) is 53.4 Å². The lowest BCUT2D eigenvalue weighted by molar-refractivity contribution is -0.138. The number of ether oxygens (including phenoxy) is 1. The molecule has 0 heterocycles. The van der Waals surface area contributed by atoms with E-state index in [0.717, 1.165) is 54.0 Å². The minimum atomic E-state index is -0.317. The second-order valence-electron chi connectivity index (χ2n) is 7.20. The lowest BCUT2D eigenvalue weighted by atomic mass is 9.84. The molecule has 6 nitrogen and oxygen atoms in total. The third-order valence-electron chi connectivity index (χ3n) is 4.99. The molecule has 1 fully saturated rings. The fraction of sp³-hybridized carbons (Fsp3) is 0.600. The normalized spacial score (nSPS) is 15.5. The van der Waals surface area contributed by atoms with E-state index >= 15 is 0 Å². The highest BCUT2D eigenvalue weighted by atomic mass is 127. The van der Waals surface area contributed by atoms with Crippen LogP contribution in [0.3, 0.4) is 0 Å². The number of carbonyl (C=O) groups excluding carboxylic acids is 1. The van der Waals surface area contributed by atoms with Crippen molar-refractivity contribution in [3.63, 3.8) is 0 Å². The van der Waals surface area contributed by atoms with Gasteiger partial charge < -0.3 is 20.3 Å². The number of nitrogens with zero attached hydrogens (tertiary/aromatic N) is 2. The number of guanidine groups is 1. The molecule has 0 radical (unpaired) electrons. The fourth-order valence-electron chi connectivity index (χ4n) is 3.57. The van der Waals surface area contributed by atoms with Crippen LogP contribution in [-0.4, -0.2) is 51.1 Å². The quantitative estimate of drug-likeness (QED) is 0.299. The first-order valence-corrected chi connectivity index (χ1v) is 10.3. The number of aliphatic imine (C=N–C) groups is 1. The predicted molar refractivity (Wildman–Crippen MR) is 129 cm³/mol. The summed E-state index contributed by atoms with van der Waals surface area (Å²) in [6.45, 7) is 3.97. The van der Waals surface area contributed by atoms with Gasteiger partial charge in [-0.2, -0.15) is 0 Å². The van der Waals surface area contributed by atoms with Crippen molar-refractivity contribution in [3.8, 4) is 5.75 Å². The number of rotatable bonds is 7. The van der Waals surface area contributed by atoms with Gasteiger partial charge >= 0.3 is 0 Å². The van der Waals surface area contributed by atoms with Crippen LogP contribution in [0.1, 0.15) is 38.2 Å². The van der Waals surface area contributed by atoms with Crippen molar-refractivity contribution in [2.24, 2.45) is 10.4 Å². The Morgan fingerprint density at radius 1 is 1.29 bits per heavy atom. The molecular formula is C20H32BrIN4O2. The van der Waals surface area contributed by atoms with E-state index in [1.807, 2.05) is 39.2 Å². The number of halogens is 2. The van der Waals surface area contributed by atoms with Crippen LogP contribution in [0.5, 0.6) is 5.75 Å². The molecule has 8 heteroatoms. The minimum Gasteiger partial charge on any atom is -0.496 e. The van der Waals surface area contributed by atoms with Crippen LogP contribution in [0.4, 0.5) is 0 Å². The van der Waals surface area contributed by atoms with Gasteiger partial charge in [-0.25, -0.2) is 4.99 Å². The average molecular weight is 567 g/mol. The number of carbonyl (C=O) groups is 1. The van der Waals surface area contributed by atoms with Gasteiger partial charge in [0.25, 0.3) is 0 Å². The SMILES string of the molecule is CCNC(=NCc1ccc(OC)c(Br)c1)NCC1(C(=O)N(C)C)CCCC1.I. The largest absolute Gasteiger partial charge is 0.496 e. The maximum atomic E-state index is 12.7. The van der Waals surface area contributed by atoms with Crippen LogP contribution in [0.2, 0.25) is 0 Å². The van der Waals surface area contributed by atoms with E-state index in [1.165, 1.54) is 0 Å². The zero-order valence-corrected chi connectivity index (χ0v) is 21.1. The molecule has 0 spiro atoms. The van der Waals surface area contributed by atoms with Crippen LogP contribution in [0, 0.1) is 5.41 Å². The van der Waals surface area contributed by atoms with E-state index < -0.39 is 0 Å². The molecule has 0 aromatic heterocycles. The van der Waals surface area contributed by atoms with E-state index in [-0.39, 0.29) is 35.3 Å². The molecule has 158 valence electrons. The maximum absolute atomic E-state index is 12.7. The second kappa shape index (κ2) is 11.8. The Balaban J connectivity index is 0.00000392. The molecule has 28 heavy (non-hydrogen) atoms. The van der Waals surface area contributed by atoms with Crippen molar-refractivity contribution in [1.82, 2.24) is 15.5 Å². The standard InChI is InChI=1S/C20H31BrN4O2.HI/c1-5-22-19(23-13-15-8-9-17(27-4)16(21)12-15)24-14-20(10-6-7-11-20)18(26)25(2)3;/h8-9,12H,5-7,10-11,13-14H2,1-4H3,(H2,22,23,24);1H. The summed E-state index contributed by atoms with van der Waals surface area (Å²) < 4.78 is 6.18. The van der Waals surface area contributed by atoms with Crippen LogP contribution in [-0.2, 0) is 11.3 Å². The number of benzene rings is 1. The molecule has 0 unspecified atom stereocenters. The zero-order valence-electron chi connectivity index (χ0n) is 17.2. The molecular weight excluding hydrogens is 535 g/mol. The van der Waals surface area contributed by atoms with E-state index in [0.29, 0.717) is 13.1 Å². The Bertz CT molecular complexity index is 676. The molecule has 1 aliphatic carbocycles. The second-order valence-corrected chi connectivity index (χ2v) is 8.06.